The summed E-state index contributed by atoms with van der Waals surface area (Å²) in [5.41, 5.74) is 4.30. The Morgan fingerprint density at radius 3 is 2.47 bits per heavy atom. The molecule has 2 heterocycles. The lowest BCUT2D eigenvalue weighted by atomic mass is 9.66. The molecule has 1 amide bonds. The zero-order valence-electron chi connectivity index (χ0n) is 15.8. The fourth-order valence-electron chi connectivity index (χ4n) is 3.83. The second-order valence-corrected chi connectivity index (χ2v) is 6.59. The molecule has 0 unspecified atom stereocenters. The van der Waals surface area contributed by atoms with E-state index in [1.165, 1.54) is 12.1 Å². The molecule has 0 saturated heterocycles. The van der Waals surface area contributed by atoms with E-state index in [0.717, 1.165) is 7.11 Å². The van der Waals surface area contributed by atoms with Crippen LogP contribution in [-0.4, -0.2) is 24.8 Å². The molecule has 0 aromatic heterocycles. The number of fused-ring (bicyclic) bond motifs is 2. The second-order valence-electron chi connectivity index (χ2n) is 6.59. The molecule has 4 rings (SSSR count). The standard InChI is InChI=1S/C22H15N3O5/c1-29-20(27)18-16(17(26)12-7-3-2-4-8-12)22(14(11-23)19(24)30-18)13-9-5-6-10-15(13)25-21(22)28/h2-10H,24H2,1H3,(H,25,28)/t22-/m0/s1. The van der Waals surface area contributed by atoms with Crippen LogP contribution in [0.25, 0.3) is 0 Å². The van der Waals surface area contributed by atoms with Crippen molar-refractivity contribution < 1.29 is 23.9 Å². The SMILES string of the molecule is COC(=O)C1=C(C(=O)c2ccccc2)[C@@]2(C(=O)Nc3ccccc32)C(C#N)=C(N)O1. The lowest BCUT2D eigenvalue weighted by molar-refractivity contribution is -0.139. The number of esters is 1. The van der Waals surface area contributed by atoms with E-state index >= 15 is 0 Å². The summed E-state index contributed by atoms with van der Waals surface area (Å²) in [7, 11) is 1.11. The van der Waals surface area contributed by atoms with E-state index < -0.39 is 34.7 Å². The highest BCUT2D eigenvalue weighted by Gasteiger charge is 2.60. The van der Waals surface area contributed by atoms with E-state index in [1.807, 2.05) is 6.07 Å². The van der Waals surface area contributed by atoms with Crippen molar-refractivity contribution >= 4 is 23.3 Å². The monoisotopic (exact) mass is 401 g/mol. The molecular weight excluding hydrogens is 386 g/mol. The van der Waals surface area contributed by atoms with Gasteiger partial charge in [0, 0.05) is 16.8 Å². The Morgan fingerprint density at radius 1 is 1.13 bits per heavy atom. The second kappa shape index (κ2) is 6.90. The van der Waals surface area contributed by atoms with Gasteiger partial charge in [-0.05, 0) is 6.07 Å². The van der Waals surface area contributed by atoms with Crippen LogP contribution in [0.4, 0.5) is 5.69 Å². The molecule has 8 heteroatoms. The molecule has 0 saturated carbocycles. The van der Waals surface area contributed by atoms with E-state index in [0.29, 0.717) is 11.3 Å². The number of hydrogen-bond donors (Lipinski definition) is 2. The van der Waals surface area contributed by atoms with Crippen LogP contribution in [-0.2, 0) is 24.5 Å². The number of ketones is 1. The number of hydrogen-bond acceptors (Lipinski definition) is 7. The summed E-state index contributed by atoms with van der Waals surface area (Å²) >= 11 is 0. The lowest BCUT2D eigenvalue weighted by Gasteiger charge is -2.34. The van der Waals surface area contributed by atoms with Gasteiger partial charge in [-0.3, -0.25) is 9.59 Å². The first-order chi connectivity index (χ1) is 14.5. The summed E-state index contributed by atoms with van der Waals surface area (Å²) in [5, 5.41) is 12.6. The predicted octanol–water partition coefficient (Wildman–Crippen LogP) is 1.91. The van der Waals surface area contributed by atoms with Gasteiger partial charge in [-0.2, -0.15) is 5.26 Å². The van der Waals surface area contributed by atoms with Gasteiger partial charge in [-0.1, -0.05) is 48.5 Å². The summed E-state index contributed by atoms with van der Waals surface area (Å²) < 4.78 is 10.2. The molecule has 148 valence electrons. The van der Waals surface area contributed by atoms with Gasteiger partial charge in [0.15, 0.2) is 5.78 Å². The van der Waals surface area contributed by atoms with Crippen molar-refractivity contribution in [3.63, 3.8) is 0 Å². The number of nitrogens with two attached hydrogens (primary N) is 1. The van der Waals surface area contributed by atoms with Crippen LogP contribution < -0.4 is 11.1 Å². The Morgan fingerprint density at radius 2 is 1.80 bits per heavy atom. The third-order valence-electron chi connectivity index (χ3n) is 5.10. The highest BCUT2D eigenvalue weighted by Crippen LogP contribution is 2.52. The molecule has 8 nitrogen and oxygen atoms in total. The number of ether oxygens (including phenoxy) is 2. The molecule has 0 fully saturated rings. The Kier molecular flexibility index (Phi) is 4.36. The predicted molar refractivity (Wildman–Crippen MR) is 104 cm³/mol. The normalized spacial score (nSPS) is 19.7. The van der Waals surface area contributed by atoms with Crippen molar-refractivity contribution in [1.82, 2.24) is 0 Å². The Bertz CT molecular complexity index is 1210. The number of Topliss-reactive ketones (excluding diaryl/α,β-unsaturated/α-hetero) is 1. The van der Waals surface area contributed by atoms with Crippen molar-refractivity contribution in [1.29, 1.82) is 5.26 Å². The maximum atomic E-state index is 13.6. The number of anilines is 1. The third kappa shape index (κ3) is 2.42. The first-order valence-electron chi connectivity index (χ1n) is 8.88. The number of nitrogens with one attached hydrogen (secondary N) is 1. The zero-order valence-corrected chi connectivity index (χ0v) is 15.8. The molecule has 3 N–H and O–H groups in total. The fraction of sp³-hybridized carbons (Fsp3) is 0.0909. The Balaban J connectivity index is 2.13. The van der Waals surface area contributed by atoms with Crippen LogP contribution in [0.1, 0.15) is 15.9 Å². The summed E-state index contributed by atoms with van der Waals surface area (Å²) in [6, 6.07) is 16.5. The molecule has 0 bridgehead atoms. The van der Waals surface area contributed by atoms with Crippen molar-refractivity contribution in [3.8, 4) is 6.07 Å². The van der Waals surface area contributed by atoms with E-state index in [2.05, 4.69) is 5.32 Å². The number of benzene rings is 2. The van der Waals surface area contributed by atoms with Crippen LogP contribution >= 0.6 is 0 Å². The summed E-state index contributed by atoms with van der Waals surface area (Å²) in [6.45, 7) is 0. The van der Waals surface area contributed by atoms with Crippen LogP contribution in [0.15, 0.2) is 77.4 Å². The van der Waals surface area contributed by atoms with Gasteiger partial charge in [0.25, 0.3) is 0 Å². The molecule has 30 heavy (non-hydrogen) atoms. The minimum Gasteiger partial charge on any atom is -0.463 e. The molecule has 2 aromatic carbocycles. The minimum atomic E-state index is -1.95. The van der Waals surface area contributed by atoms with E-state index in [4.69, 9.17) is 15.2 Å². The van der Waals surface area contributed by atoms with Gasteiger partial charge in [-0.15, -0.1) is 0 Å². The molecular formula is C22H15N3O5. The molecule has 2 aromatic rings. The number of carbonyl (C=O) groups excluding carboxylic acids is 3. The molecule has 0 aliphatic carbocycles. The first-order valence-corrected chi connectivity index (χ1v) is 8.88. The van der Waals surface area contributed by atoms with E-state index in [9.17, 15) is 19.6 Å². The largest absolute Gasteiger partial charge is 0.463 e. The topological polar surface area (TPSA) is 132 Å². The Labute approximate surface area is 171 Å². The summed E-state index contributed by atoms with van der Waals surface area (Å²) in [6.07, 6.45) is 0. The number of carbonyl (C=O) groups is 3. The van der Waals surface area contributed by atoms with Crippen LogP contribution in [0, 0.1) is 11.3 Å². The first kappa shape index (κ1) is 19.0. The maximum Gasteiger partial charge on any atom is 0.374 e. The fourth-order valence-corrected chi connectivity index (χ4v) is 3.83. The summed E-state index contributed by atoms with van der Waals surface area (Å²) in [4.78, 5) is 39.6. The van der Waals surface area contributed by atoms with Crippen molar-refractivity contribution in [3.05, 3.63) is 88.5 Å². The molecule has 1 atom stereocenters. The minimum absolute atomic E-state index is 0.201. The van der Waals surface area contributed by atoms with Gasteiger partial charge >= 0.3 is 5.97 Å². The van der Waals surface area contributed by atoms with Crippen LogP contribution in [0.5, 0.6) is 0 Å². The smallest absolute Gasteiger partial charge is 0.374 e. The number of methoxy groups -OCH3 is 1. The average molecular weight is 401 g/mol. The van der Waals surface area contributed by atoms with Gasteiger partial charge in [-0.25, -0.2) is 4.79 Å². The number of nitriles is 1. The zero-order chi connectivity index (χ0) is 21.5. The van der Waals surface area contributed by atoms with Crippen molar-refractivity contribution in [2.24, 2.45) is 5.73 Å². The van der Waals surface area contributed by atoms with Crippen molar-refractivity contribution in [2.45, 2.75) is 5.41 Å². The highest BCUT2D eigenvalue weighted by molar-refractivity contribution is 6.24. The van der Waals surface area contributed by atoms with Gasteiger partial charge < -0.3 is 20.5 Å². The number of nitrogens with zero attached hydrogens (tertiary/aromatic N) is 1. The third-order valence-corrected chi connectivity index (χ3v) is 5.10. The molecule has 2 aliphatic heterocycles. The molecule has 0 radical (unpaired) electrons. The van der Waals surface area contributed by atoms with Gasteiger partial charge in [0.2, 0.25) is 17.5 Å². The van der Waals surface area contributed by atoms with Crippen LogP contribution in [0.2, 0.25) is 0 Å². The summed E-state index contributed by atoms with van der Waals surface area (Å²) in [5.74, 6) is -3.33. The van der Waals surface area contributed by atoms with E-state index in [1.54, 1.807) is 42.5 Å². The molecule has 1 spiro atoms. The average Bonchev–Trinajstić information content (AvgIpc) is 3.05. The lowest BCUT2D eigenvalue weighted by Crippen LogP contribution is -2.46. The van der Waals surface area contributed by atoms with Gasteiger partial charge in [0.05, 0.1) is 12.7 Å². The number of amides is 1. The van der Waals surface area contributed by atoms with Gasteiger partial charge in [0.1, 0.15) is 17.1 Å². The number of para-hydroxylation sites is 1. The quantitative estimate of drug-likeness (QED) is 0.593. The highest BCUT2D eigenvalue weighted by atomic mass is 16.6. The Hall–Kier alpha value is -4.38. The van der Waals surface area contributed by atoms with Crippen LogP contribution in [0.3, 0.4) is 0 Å². The van der Waals surface area contributed by atoms with E-state index in [-0.39, 0.29) is 16.7 Å². The molecule has 2 aliphatic rings. The van der Waals surface area contributed by atoms with Crippen molar-refractivity contribution in [2.75, 3.05) is 12.4 Å². The number of rotatable bonds is 3. The maximum absolute atomic E-state index is 13.6.